The quantitative estimate of drug-likeness (QED) is 0.218. The summed E-state index contributed by atoms with van der Waals surface area (Å²) in [5.74, 6) is -2.02. The van der Waals surface area contributed by atoms with Gasteiger partial charge in [-0.1, -0.05) is 19.9 Å². The number of ether oxygens (including phenoxy) is 1. The second-order valence-electron chi connectivity index (χ2n) is 10.5. The van der Waals surface area contributed by atoms with Gasteiger partial charge in [-0.2, -0.15) is 13.2 Å². The lowest BCUT2D eigenvalue weighted by Gasteiger charge is -2.19. The smallest absolute Gasteiger partial charge is 0.431 e. The van der Waals surface area contributed by atoms with E-state index in [1.54, 1.807) is 14.1 Å². The largest absolute Gasteiger partial charge is 0.453 e. The van der Waals surface area contributed by atoms with Crippen LogP contribution in [-0.4, -0.2) is 69.6 Å². The molecule has 3 rings (SSSR count). The third-order valence-corrected chi connectivity index (χ3v) is 6.35. The minimum absolute atomic E-state index is 0.0374. The van der Waals surface area contributed by atoms with E-state index in [0.717, 1.165) is 19.4 Å². The first-order chi connectivity index (χ1) is 20.6. The number of methoxy groups -OCH3 is 1. The number of aromatic amines is 1. The van der Waals surface area contributed by atoms with Gasteiger partial charge in [-0.3, -0.25) is 23.9 Å². The number of H-pyrrole nitrogens is 1. The van der Waals surface area contributed by atoms with Crippen molar-refractivity contribution in [3.63, 3.8) is 0 Å². The standard InChI is InChI=1S/C28H33F4N7O5/c1-15(2)12-19-24-23(16(29)13-33-19)36-21(37-24)14-39-20(28(30,31)32)11-10-18(26(39)42)34-25(41)17(35-27(43)44-5)8-6-7-9-22(40)38(3)4/h7,9-11,13,15,17H,6,8,12,14H2,1-5H3,(H,34,41)(H,35,43)(H,36,37). The number of alkyl halides is 3. The fraction of sp³-hybridized carbons (Fsp3) is 0.429. The van der Waals surface area contributed by atoms with Crippen molar-refractivity contribution in [2.45, 2.75) is 51.9 Å². The number of hydrogen-bond acceptors (Lipinski definition) is 7. The summed E-state index contributed by atoms with van der Waals surface area (Å²) in [7, 11) is 4.17. The maximum Gasteiger partial charge on any atom is 0.431 e. The number of halogens is 4. The molecule has 0 aromatic carbocycles. The van der Waals surface area contributed by atoms with Crippen molar-refractivity contribution in [3.05, 3.63) is 63.9 Å². The van der Waals surface area contributed by atoms with Crippen LogP contribution in [0.5, 0.6) is 0 Å². The maximum atomic E-state index is 14.5. The van der Waals surface area contributed by atoms with Crippen molar-refractivity contribution in [3.8, 4) is 0 Å². The van der Waals surface area contributed by atoms with Crippen molar-refractivity contribution in [1.82, 2.24) is 29.7 Å². The number of fused-ring (bicyclic) bond motifs is 1. The molecule has 0 aliphatic rings. The zero-order valence-corrected chi connectivity index (χ0v) is 24.7. The van der Waals surface area contributed by atoms with Crippen LogP contribution in [-0.2, 0) is 33.5 Å². The van der Waals surface area contributed by atoms with Crippen molar-refractivity contribution in [2.75, 3.05) is 26.5 Å². The summed E-state index contributed by atoms with van der Waals surface area (Å²) in [5, 5.41) is 4.57. The van der Waals surface area contributed by atoms with Gasteiger partial charge in [0.15, 0.2) is 5.82 Å². The van der Waals surface area contributed by atoms with E-state index in [9.17, 15) is 36.7 Å². The van der Waals surface area contributed by atoms with E-state index < -0.39 is 53.5 Å². The molecule has 3 aromatic heterocycles. The van der Waals surface area contributed by atoms with Gasteiger partial charge in [-0.25, -0.2) is 14.2 Å². The molecule has 0 saturated heterocycles. The molecular formula is C28H33F4N7O5. The summed E-state index contributed by atoms with van der Waals surface area (Å²) in [6, 6.07) is 0.138. The summed E-state index contributed by atoms with van der Waals surface area (Å²) in [4.78, 5) is 62.2. The molecule has 12 nitrogen and oxygen atoms in total. The fourth-order valence-corrected chi connectivity index (χ4v) is 4.19. The summed E-state index contributed by atoms with van der Waals surface area (Å²) >= 11 is 0. The lowest BCUT2D eigenvalue weighted by molar-refractivity contribution is -0.144. The van der Waals surface area contributed by atoms with Crippen LogP contribution in [0.25, 0.3) is 11.0 Å². The molecule has 16 heteroatoms. The molecule has 0 saturated carbocycles. The van der Waals surface area contributed by atoms with E-state index in [1.807, 2.05) is 13.8 Å². The Bertz CT molecular complexity index is 1610. The fourth-order valence-electron chi connectivity index (χ4n) is 4.19. The van der Waals surface area contributed by atoms with Gasteiger partial charge in [0, 0.05) is 14.1 Å². The molecular weight excluding hydrogens is 590 g/mol. The van der Waals surface area contributed by atoms with Crippen LogP contribution in [0.4, 0.5) is 28.0 Å². The maximum absolute atomic E-state index is 14.5. The number of amides is 3. The second-order valence-corrected chi connectivity index (χ2v) is 10.5. The number of hydrogen-bond donors (Lipinski definition) is 3. The predicted octanol–water partition coefficient (Wildman–Crippen LogP) is 3.61. The number of carbonyl (C=O) groups is 3. The van der Waals surface area contributed by atoms with Crippen molar-refractivity contribution >= 4 is 34.6 Å². The highest BCUT2D eigenvalue weighted by atomic mass is 19.4. The number of allylic oxidation sites excluding steroid dienone is 1. The number of alkyl carbamates (subject to hydrolysis) is 1. The van der Waals surface area contributed by atoms with E-state index in [4.69, 9.17) is 0 Å². The zero-order valence-electron chi connectivity index (χ0n) is 24.7. The molecule has 0 fully saturated rings. The van der Waals surface area contributed by atoms with E-state index in [1.165, 1.54) is 17.1 Å². The van der Waals surface area contributed by atoms with Gasteiger partial charge in [-0.05, 0) is 43.4 Å². The first-order valence-electron chi connectivity index (χ1n) is 13.5. The van der Waals surface area contributed by atoms with Crippen LogP contribution in [0.3, 0.4) is 0 Å². The monoisotopic (exact) mass is 623 g/mol. The zero-order chi connectivity index (χ0) is 32.8. The summed E-state index contributed by atoms with van der Waals surface area (Å²) in [6.07, 6.45) is -1.65. The molecule has 0 aliphatic heterocycles. The Balaban J connectivity index is 1.95. The van der Waals surface area contributed by atoms with Gasteiger partial charge < -0.3 is 25.3 Å². The summed E-state index contributed by atoms with van der Waals surface area (Å²) in [6.45, 7) is 3.09. The van der Waals surface area contributed by atoms with E-state index >= 15 is 0 Å². The number of rotatable bonds is 11. The highest BCUT2D eigenvalue weighted by molar-refractivity contribution is 5.96. The molecule has 44 heavy (non-hydrogen) atoms. The minimum Gasteiger partial charge on any atom is -0.453 e. The van der Waals surface area contributed by atoms with Gasteiger partial charge in [0.05, 0.1) is 31.1 Å². The normalized spacial score (nSPS) is 12.5. The Morgan fingerprint density at radius 1 is 1.20 bits per heavy atom. The Morgan fingerprint density at radius 2 is 1.91 bits per heavy atom. The number of likely N-dealkylation sites (N-methyl/N-ethyl adjacent to an activating group) is 1. The van der Waals surface area contributed by atoms with E-state index in [2.05, 4.69) is 30.3 Å². The Hall–Kier alpha value is -4.76. The van der Waals surface area contributed by atoms with Gasteiger partial charge in [0.1, 0.15) is 28.8 Å². The van der Waals surface area contributed by atoms with Crippen LogP contribution in [0.2, 0.25) is 0 Å². The molecule has 3 N–H and O–H groups in total. The number of aromatic nitrogens is 4. The molecule has 3 amide bonds. The van der Waals surface area contributed by atoms with Crippen molar-refractivity contribution in [2.24, 2.45) is 5.92 Å². The number of nitrogens with one attached hydrogen (secondary N) is 3. The molecule has 1 atom stereocenters. The lowest BCUT2D eigenvalue weighted by Crippen LogP contribution is -2.44. The number of anilines is 1. The van der Waals surface area contributed by atoms with Crippen LogP contribution in [0, 0.1) is 11.7 Å². The molecule has 238 valence electrons. The van der Waals surface area contributed by atoms with Gasteiger partial charge in [-0.15, -0.1) is 0 Å². The highest BCUT2D eigenvalue weighted by Crippen LogP contribution is 2.30. The van der Waals surface area contributed by atoms with Crippen LogP contribution >= 0.6 is 0 Å². The third kappa shape index (κ3) is 8.41. The average Bonchev–Trinajstić information content (AvgIpc) is 3.37. The Labute approximate surface area is 249 Å². The summed E-state index contributed by atoms with van der Waals surface area (Å²) < 4.78 is 61.2. The lowest BCUT2D eigenvalue weighted by atomic mass is 10.1. The average molecular weight is 624 g/mol. The molecule has 1 unspecified atom stereocenters. The first-order valence-corrected chi connectivity index (χ1v) is 13.5. The molecule has 0 radical (unpaired) electrons. The van der Waals surface area contributed by atoms with Gasteiger partial charge in [0.2, 0.25) is 11.8 Å². The third-order valence-electron chi connectivity index (χ3n) is 6.35. The molecule has 3 aromatic rings. The van der Waals surface area contributed by atoms with Crippen LogP contribution < -0.4 is 16.2 Å². The predicted molar refractivity (Wildman–Crippen MR) is 152 cm³/mol. The Kier molecular flexibility index (Phi) is 10.8. The minimum atomic E-state index is -4.96. The Morgan fingerprint density at radius 3 is 2.52 bits per heavy atom. The molecule has 0 bridgehead atoms. The van der Waals surface area contributed by atoms with Crippen molar-refractivity contribution in [1.29, 1.82) is 0 Å². The van der Waals surface area contributed by atoms with E-state index in [-0.39, 0.29) is 41.5 Å². The number of pyridine rings is 2. The van der Waals surface area contributed by atoms with Crippen molar-refractivity contribution < 1.29 is 36.7 Å². The molecule has 0 aliphatic carbocycles. The van der Waals surface area contributed by atoms with Crippen LogP contribution in [0.1, 0.15) is 43.9 Å². The number of imidazole rings is 1. The first kappa shape index (κ1) is 33.7. The van der Waals surface area contributed by atoms with E-state index in [0.29, 0.717) is 22.7 Å². The van der Waals surface area contributed by atoms with Gasteiger partial charge in [0.25, 0.3) is 5.56 Å². The SMILES string of the molecule is COC(=O)NC(CCC=CC(=O)N(C)C)C(=O)Nc1ccc(C(F)(F)F)n(Cc2nc3c(F)cnc(CC(C)C)c3[nH]2)c1=O. The molecule has 3 heterocycles. The van der Waals surface area contributed by atoms with Crippen LogP contribution in [0.15, 0.2) is 35.3 Å². The number of carbonyl (C=O) groups excluding carboxylic acids is 3. The summed E-state index contributed by atoms with van der Waals surface area (Å²) in [5.41, 5.74) is -2.52. The second kappa shape index (κ2) is 14.1. The topological polar surface area (TPSA) is 151 Å². The highest BCUT2D eigenvalue weighted by Gasteiger charge is 2.35. The van der Waals surface area contributed by atoms with Gasteiger partial charge >= 0.3 is 12.3 Å². The molecule has 0 spiro atoms. The number of nitrogens with zero attached hydrogens (tertiary/aromatic N) is 4.